The van der Waals surface area contributed by atoms with Gasteiger partial charge in [-0.3, -0.25) is 0 Å². The molecule has 0 amide bonds. The number of rotatable bonds is 7. The molecule has 0 N–H and O–H groups in total. The molecule has 0 radical (unpaired) electrons. The molecular formula is C26H26F2O. The van der Waals surface area contributed by atoms with E-state index in [4.69, 9.17) is 4.74 Å². The van der Waals surface area contributed by atoms with Crippen molar-refractivity contribution in [1.82, 2.24) is 0 Å². The standard InChI is InChI=1S/C26H26F2O/c1-4-6-19-7-12-21(13-8-19)22-14-9-20(10-15-22)11-16-23-18(3)17-24(29-5-2)26(28)25(23)27/h7-17H,4-6H2,1-3H3/b16-11+. The van der Waals surface area contributed by atoms with E-state index in [1.165, 1.54) is 11.6 Å². The molecule has 1 nitrogen and oxygen atoms in total. The van der Waals surface area contributed by atoms with Crippen molar-refractivity contribution < 1.29 is 13.5 Å². The molecule has 0 fully saturated rings. The minimum atomic E-state index is -0.945. The van der Waals surface area contributed by atoms with E-state index in [1.54, 1.807) is 26.0 Å². The van der Waals surface area contributed by atoms with E-state index in [0.29, 0.717) is 12.2 Å². The lowest BCUT2D eigenvalue weighted by molar-refractivity contribution is 0.313. The van der Waals surface area contributed by atoms with Crippen LogP contribution in [0.25, 0.3) is 23.3 Å². The first-order valence-corrected chi connectivity index (χ1v) is 10.0. The summed E-state index contributed by atoms with van der Waals surface area (Å²) in [5.74, 6) is -1.87. The van der Waals surface area contributed by atoms with Gasteiger partial charge in [-0.05, 0) is 54.2 Å². The number of ether oxygens (including phenoxy) is 1. The van der Waals surface area contributed by atoms with Crippen LogP contribution >= 0.6 is 0 Å². The molecular weight excluding hydrogens is 366 g/mol. The quantitative estimate of drug-likeness (QED) is 0.379. The van der Waals surface area contributed by atoms with Gasteiger partial charge in [0.2, 0.25) is 5.82 Å². The highest BCUT2D eigenvalue weighted by Gasteiger charge is 2.15. The monoisotopic (exact) mass is 392 g/mol. The molecule has 0 aliphatic heterocycles. The fourth-order valence-electron chi connectivity index (χ4n) is 3.32. The van der Waals surface area contributed by atoms with Crippen LogP contribution in [0.3, 0.4) is 0 Å². The molecule has 0 heterocycles. The second-order valence-electron chi connectivity index (χ2n) is 7.07. The molecule has 0 aliphatic carbocycles. The summed E-state index contributed by atoms with van der Waals surface area (Å²) in [5.41, 5.74) is 5.42. The van der Waals surface area contributed by atoms with Gasteiger partial charge in [0.25, 0.3) is 0 Å². The molecule has 0 unspecified atom stereocenters. The third-order valence-corrected chi connectivity index (χ3v) is 4.90. The van der Waals surface area contributed by atoms with Crippen molar-refractivity contribution in [3.63, 3.8) is 0 Å². The first kappa shape index (κ1) is 20.8. The topological polar surface area (TPSA) is 9.23 Å². The minimum absolute atomic E-state index is 0.0473. The van der Waals surface area contributed by atoms with Gasteiger partial charge in [0, 0.05) is 5.56 Å². The Morgan fingerprint density at radius 1 is 0.828 bits per heavy atom. The maximum Gasteiger partial charge on any atom is 0.201 e. The third-order valence-electron chi connectivity index (χ3n) is 4.90. The van der Waals surface area contributed by atoms with Crippen molar-refractivity contribution in [3.8, 4) is 16.9 Å². The number of aryl methyl sites for hydroxylation is 2. The summed E-state index contributed by atoms with van der Waals surface area (Å²) in [5, 5.41) is 0. The van der Waals surface area contributed by atoms with E-state index in [1.807, 2.05) is 24.3 Å². The van der Waals surface area contributed by atoms with Gasteiger partial charge in [-0.2, -0.15) is 4.39 Å². The van der Waals surface area contributed by atoms with Crippen LogP contribution in [0.1, 0.15) is 42.5 Å². The number of hydrogen-bond acceptors (Lipinski definition) is 1. The Balaban J connectivity index is 1.79. The molecule has 3 aromatic rings. The van der Waals surface area contributed by atoms with Crippen LogP contribution in [0.5, 0.6) is 5.75 Å². The highest BCUT2D eigenvalue weighted by molar-refractivity contribution is 5.74. The van der Waals surface area contributed by atoms with Gasteiger partial charge < -0.3 is 4.74 Å². The molecule has 0 aliphatic rings. The Hall–Kier alpha value is -2.94. The van der Waals surface area contributed by atoms with Crippen LogP contribution < -0.4 is 4.74 Å². The zero-order valence-electron chi connectivity index (χ0n) is 17.1. The summed E-state index contributed by atoms with van der Waals surface area (Å²) in [6.07, 6.45) is 5.63. The van der Waals surface area contributed by atoms with E-state index in [0.717, 1.165) is 29.5 Å². The van der Waals surface area contributed by atoms with Crippen LogP contribution in [0.15, 0.2) is 54.6 Å². The van der Waals surface area contributed by atoms with Gasteiger partial charge in [0.1, 0.15) is 0 Å². The van der Waals surface area contributed by atoms with Crippen LogP contribution in [0, 0.1) is 18.6 Å². The molecule has 0 aromatic heterocycles. The third kappa shape index (κ3) is 4.92. The highest BCUT2D eigenvalue weighted by Crippen LogP contribution is 2.28. The molecule has 0 bridgehead atoms. The van der Waals surface area contributed by atoms with Crippen molar-refractivity contribution in [2.24, 2.45) is 0 Å². The van der Waals surface area contributed by atoms with Crippen molar-refractivity contribution in [2.45, 2.75) is 33.6 Å². The first-order chi connectivity index (χ1) is 14.0. The fraction of sp³-hybridized carbons (Fsp3) is 0.231. The Bertz CT molecular complexity index is 987. The molecule has 0 atom stereocenters. The predicted molar refractivity (Wildman–Crippen MR) is 117 cm³/mol. The molecule has 29 heavy (non-hydrogen) atoms. The summed E-state index contributed by atoms with van der Waals surface area (Å²) in [6, 6.07) is 18.2. The number of halogens is 2. The second-order valence-corrected chi connectivity index (χ2v) is 7.07. The summed E-state index contributed by atoms with van der Waals surface area (Å²) >= 11 is 0. The Morgan fingerprint density at radius 3 is 2.03 bits per heavy atom. The molecule has 3 rings (SSSR count). The molecule has 3 heteroatoms. The van der Waals surface area contributed by atoms with E-state index >= 15 is 0 Å². The van der Waals surface area contributed by atoms with Gasteiger partial charge in [-0.25, -0.2) is 4.39 Å². The van der Waals surface area contributed by atoms with Gasteiger partial charge in [0.15, 0.2) is 11.6 Å². The zero-order chi connectivity index (χ0) is 20.8. The van der Waals surface area contributed by atoms with Crippen molar-refractivity contribution in [1.29, 1.82) is 0 Å². The van der Waals surface area contributed by atoms with Gasteiger partial charge in [0.05, 0.1) is 6.61 Å². The zero-order valence-corrected chi connectivity index (χ0v) is 17.1. The van der Waals surface area contributed by atoms with Crippen molar-refractivity contribution in [3.05, 3.63) is 88.5 Å². The van der Waals surface area contributed by atoms with Gasteiger partial charge in [-0.15, -0.1) is 0 Å². The van der Waals surface area contributed by atoms with Gasteiger partial charge >= 0.3 is 0 Å². The minimum Gasteiger partial charge on any atom is -0.491 e. The predicted octanol–water partition coefficient (Wildman–Crippen LogP) is 7.46. The van der Waals surface area contributed by atoms with E-state index in [-0.39, 0.29) is 11.3 Å². The summed E-state index contributed by atoms with van der Waals surface area (Å²) < 4.78 is 33.7. The second kappa shape index (κ2) is 9.51. The molecule has 150 valence electrons. The average Bonchev–Trinajstić information content (AvgIpc) is 2.73. The fourth-order valence-corrected chi connectivity index (χ4v) is 3.32. The smallest absolute Gasteiger partial charge is 0.201 e. The Labute approximate surface area is 171 Å². The van der Waals surface area contributed by atoms with Crippen molar-refractivity contribution in [2.75, 3.05) is 6.61 Å². The summed E-state index contributed by atoms with van der Waals surface area (Å²) in [7, 11) is 0. The lowest BCUT2D eigenvalue weighted by atomic mass is 10.0. The number of hydrogen-bond donors (Lipinski definition) is 0. The Morgan fingerprint density at radius 2 is 1.45 bits per heavy atom. The normalized spacial score (nSPS) is 11.2. The average molecular weight is 392 g/mol. The maximum absolute atomic E-state index is 14.4. The van der Waals surface area contributed by atoms with Crippen LogP contribution in [-0.4, -0.2) is 6.61 Å². The van der Waals surface area contributed by atoms with E-state index in [2.05, 4.69) is 31.2 Å². The lowest BCUT2D eigenvalue weighted by Gasteiger charge is -2.10. The number of benzene rings is 3. The SMILES string of the molecule is CCCc1ccc(-c2ccc(/C=C/c3c(C)cc(OCC)c(F)c3F)cc2)cc1. The molecule has 0 spiro atoms. The van der Waals surface area contributed by atoms with Crippen LogP contribution in [0.2, 0.25) is 0 Å². The summed E-state index contributed by atoms with van der Waals surface area (Å²) in [6.45, 7) is 5.95. The van der Waals surface area contributed by atoms with Gasteiger partial charge in [-0.1, -0.05) is 74.0 Å². The van der Waals surface area contributed by atoms with E-state index in [9.17, 15) is 8.78 Å². The maximum atomic E-state index is 14.4. The summed E-state index contributed by atoms with van der Waals surface area (Å²) in [4.78, 5) is 0. The van der Waals surface area contributed by atoms with Crippen LogP contribution in [0.4, 0.5) is 8.78 Å². The van der Waals surface area contributed by atoms with Crippen molar-refractivity contribution >= 4 is 12.2 Å². The lowest BCUT2D eigenvalue weighted by Crippen LogP contribution is -2.00. The largest absolute Gasteiger partial charge is 0.491 e. The molecule has 0 saturated carbocycles. The van der Waals surface area contributed by atoms with E-state index < -0.39 is 11.6 Å². The first-order valence-electron chi connectivity index (χ1n) is 10.0. The Kier molecular flexibility index (Phi) is 6.82. The molecule has 3 aromatic carbocycles. The van der Waals surface area contributed by atoms with Crippen LogP contribution in [-0.2, 0) is 6.42 Å². The highest BCUT2D eigenvalue weighted by atomic mass is 19.2. The molecule has 0 saturated heterocycles.